The van der Waals surface area contributed by atoms with Gasteiger partial charge in [0.2, 0.25) is 5.79 Å². The summed E-state index contributed by atoms with van der Waals surface area (Å²) >= 11 is 0. The fourth-order valence-electron chi connectivity index (χ4n) is 9.34. The number of benzene rings is 3. The molecule has 14 heteroatoms. The number of carbonyl (C=O) groups excluding carboxylic acids is 1. The Bertz CT molecular complexity index is 2130. The standard InChI is InChI=1S/C47H55N5O9/c1-3-25-59-47-43(50(2)46(55)34-14-10-32(30-48)11-15-34)29-41(49-60-31-33-12-16-36(17-13-33)52(56)57)39-27-35(8-4-6-23-53)38(9-5-7-24-54)44(45(39)47)40-28-37(18-19-42(40)61-47)58-26-22-51-20-21-51/h3,10-19,27-28,35,38,43-45,53-54H,1,4-9,20-26,29,31H2,2H3/t35-,38+,43-,44+,45+,47+/m0/s1. The molecule has 0 bridgehead atoms. The van der Waals surface area contributed by atoms with Crippen LogP contribution in [0.25, 0.3) is 0 Å². The Balaban J connectivity index is 1.38. The Labute approximate surface area is 356 Å². The minimum atomic E-state index is -1.43. The molecule has 6 atom stereocenters. The first-order valence-corrected chi connectivity index (χ1v) is 21.3. The molecule has 0 unspecified atom stereocenters. The summed E-state index contributed by atoms with van der Waals surface area (Å²) in [5, 5.41) is 45.4. The maximum absolute atomic E-state index is 14.6. The largest absolute Gasteiger partial charge is 0.492 e. The molecule has 1 saturated carbocycles. The summed E-state index contributed by atoms with van der Waals surface area (Å²) in [6.07, 6.45) is 8.62. The minimum absolute atomic E-state index is 0.0259. The monoisotopic (exact) mass is 833 g/mol. The summed E-state index contributed by atoms with van der Waals surface area (Å²) in [5.41, 5.74) is 3.97. The molecule has 7 rings (SSSR count). The Kier molecular flexibility index (Phi) is 14.2. The Hall–Kier alpha value is -5.59. The van der Waals surface area contributed by atoms with Crippen LogP contribution in [0.3, 0.4) is 0 Å². The lowest BCUT2D eigenvalue weighted by Gasteiger charge is -2.59. The molecule has 0 aromatic heterocycles. The van der Waals surface area contributed by atoms with Crippen LogP contribution in [0.15, 0.2) is 96.2 Å². The van der Waals surface area contributed by atoms with Crippen LogP contribution in [0.4, 0.5) is 5.69 Å². The summed E-state index contributed by atoms with van der Waals surface area (Å²) in [6.45, 7) is 7.85. The van der Waals surface area contributed by atoms with Gasteiger partial charge in [-0.25, -0.2) is 0 Å². The number of non-ortho nitro benzene ring substituents is 1. The van der Waals surface area contributed by atoms with Crippen LogP contribution in [-0.2, 0) is 16.2 Å². The van der Waals surface area contributed by atoms with E-state index >= 15 is 0 Å². The number of hydrogen-bond donors (Lipinski definition) is 2. The summed E-state index contributed by atoms with van der Waals surface area (Å²) in [6, 6.07) is 20.0. The number of allylic oxidation sites excluding steroid dienone is 1. The van der Waals surface area contributed by atoms with E-state index in [0.717, 1.165) is 62.2 Å². The van der Waals surface area contributed by atoms with E-state index in [0.29, 0.717) is 47.6 Å². The number of aliphatic hydroxyl groups excluding tert-OH is 2. The number of amides is 1. The molecular formula is C47H55N5O9. The van der Waals surface area contributed by atoms with Gasteiger partial charge < -0.3 is 34.2 Å². The lowest BCUT2D eigenvalue weighted by Crippen LogP contribution is -2.69. The molecule has 1 amide bonds. The molecule has 1 saturated heterocycles. The predicted molar refractivity (Wildman–Crippen MR) is 228 cm³/mol. The van der Waals surface area contributed by atoms with Gasteiger partial charge in [-0.2, -0.15) is 5.26 Å². The van der Waals surface area contributed by atoms with E-state index in [9.17, 15) is 30.4 Å². The van der Waals surface area contributed by atoms with E-state index < -0.39 is 22.7 Å². The van der Waals surface area contributed by atoms with E-state index in [4.69, 9.17) is 24.2 Å². The highest BCUT2D eigenvalue weighted by Crippen LogP contribution is 2.62. The molecule has 2 N–H and O–H groups in total. The molecule has 4 aliphatic rings. The first kappa shape index (κ1) is 43.5. The van der Waals surface area contributed by atoms with Crippen molar-refractivity contribution in [3.63, 3.8) is 0 Å². The van der Waals surface area contributed by atoms with Crippen LogP contribution in [0.1, 0.15) is 77.9 Å². The van der Waals surface area contributed by atoms with Crippen LogP contribution in [-0.4, -0.2) is 101 Å². The molecule has 61 heavy (non-hydrogen) atoms. The average molecular weight is 834 g/mol. The third-order valence-electron chi connectivity index (χ3n) is 12.5. The van der Waals surface area contributed by atoms with E-state index in [1.165, 1.54) is 12.1 Å². The van der Waals surface area contributed by atoms with Gasteiger partial charge in [-0.05, 0) is 103 Å². The molecule has 3 aromatic rings. The number of nitriles is 1. The Morgan fingerprint density at radius 3 is 2.49 bits per heavy atom. The number of fused-ring (bicyclic) bond motifs is 2. The molecule has 2 fully saturated rings. The number of unbranched alkanes of at least 4 members (excludes halogenated alkanes) is 2. The van der Waals surface area contributed by atoms with E-state index in [1.807, 2.05) is 12.1 Å². The number of likely N-dealkylation sites (N-methyl/N-ethyl adjacent to an activating group) is 1. The first-order valence-electron chi connectivity index (χ1n) is 21.3. The lowest BCUT2D eigenvalue weighted by atomic mass is 9.55. The smallest absolute Gasteiger partial charge is 0.269 e. The highest BCUT2D eigenvalue weighted by molar-refractivity contribution is 6.03. The van der Waals surface area contributed by atoms with Gasteiger partial charge in [0.25, 0.3) is 11.6 Å². The van der Waals surface area contributed by atoms with Crippen molar-refractivity contribution in [3.8, 4) is 17.6 Å². The molecule has 2 aliphatic carbocycles. The van der Waals surface area contributed by atoms with Crippen molar-refractivity contribution in [1.29, 1.82) is 5.26 Å². The molecule has 14 nitrogen and oxygen atoms in total. The SMILES string of the molecule is C=CCO[C@@]12Oc3ccc(OCCN4CC4)cc3[C@H]3[C@H](CCCCO)[C@@H](CCCCO)C=C(C(=NOCc4ccc([N+](=O)[O-])cc4)C[C@@H]1N(C)C(=O)c1ccc(C#N)cc1)[C@H]32. The van der Waals surface area contributed by atoms with Crippen LogP contribution in [0.2, 0.25) is 0 Å². The van der Waals surface area contributed by atoms with Crippen molar-refractivity contribution in [2.45, 2.75) is 69.3 Å². The van der Waals surface area contributed by atoms with Crippen molar-refractivity contribution >= 4 is 17.3 Å². The number of nitrogens with zero attached hydrogens (tertiary/aromatic N) is 5. The number of ether oxygens (including phenoxy) is 3. The number of hydrogen-bond acceptors (Lipinski definition) is 12. The second-order valence-corrected chi connectivity index (χ2v) is 16.3. The zero-order valence-corrected chi connectivity index (χ0v) is 34.7. The Morgan fingerprint density at radius 2 is 1.82 bits per heavy atom. The second-order valence-electron chi connectivity index (χ2n) is 16.3. The minimum Gasteiger partial charge on any atom is -0.492 e. The van der Waals surface area contributed by atoms with E-state index in [2.05, 4.69) is 29.7 Å². The van der Waals surface area contributed by atoms with E-state index in [1.54, 1.807) is 54.4 Å². The molecule has 0 spiro atoms. The van der Waals surface area contributed by atoms with Gasteiger partial charge in [0.05, 0.1) is 34.8 Å². The quantitative estimate of drug-likeness (QED) is 0.0381. The van der Waals surface area contributed by atoms with Gasteiger partial charge in [-0.3, -0.25) is 19.8 Å². The fraction of sp³-hybridized carbons (Fsp3) is 0.468. The maximum Gasteiger partial charge on any atom is 0.269 e. The normalized spacial score (nSPS) is 24.3. The molecule has 3 aromatic carbocycles. The van der Waals surface area contributed by atoms with Crippen LogP contribution in [0, 0.1) is 39.2 Å². The zero-order chi connectivity index (χ0) is 42.9. The molecule has 2 aliphatic heterocycles. The molecular weight excluding hydrogens is 779 g/mol. The lowest BCUT2D eigenvalue weighted by molar-refractivity contribution is -0.384. The number of carbonyl (C=O) groups is 1. The van der Waals surface area contributed by atoms with Gasteiger partial charge >= 0.3 is 0 Å². The summed E-state index contributed by atoms with van der Waals surface area (Å²) in [5.74, 6) is -1.00. The number of oxime groups is 1. The van der Waals surface area contributed by atoms with Gasteiger partial charge in [0.1, 0.15) is 30.8 Å². The van der Waals surface area contributed by atoms with Crippen LogP contribution in [0.5, 0.6) is 11.5 Å². The first-order chi connectivity index (χ1) is 29.7. The Morgan fingerprint density at radius 1 is 1.08 bits per heavy atom. The molecule has 2 heterocycles. The zero-order valence-electron chi connectivity index (χ0n) is 34.7. The second kappa shape index (κ2) is 19.9. The van der Waals surface area contributed by atoms with Crippen molar-refractivity contribution in [3.05, 3.63) is 123 Å². The van der Waals surface area contributed by atoms with Gasteiger partial charge in [0, 0.05) is 75.5 Å². The third-order valence-corrected chi connectivity index (χ3v) is 12.5. The van der Waals surface area contributed by atoms with E-state index in [-0.39, 0.29) is 62.2 Å². The average Bonchev–Trinajstić information content (AvgIpc) is 4.11. The summed E-state index contributed by atoms with van der Waals surface area (Å²) in [4.78, 5) is 35.5. The molecule has 322 valence electrons. The summed E-state index contributed by atoms with van der Waals surface area (Å²) in [7, 11) is 1.73. The van der Waals surface area contributed by atoms with Crippen molar-refractivity contribution in [2.24, 2.45) is 22.9 Å². The van der Waals surface area contributed by atoms with Gasteiger partial charge in [-0.15, -0.1) is 6.58 Å². The van der Waals surface area contributed by atoms with Crippen LogP contribution >= 0.6 is 0 Å². The number of rotatable bonds is 21. The van der Waals surface area contributed by atoms with Gasteiger partial charge in [0.15, 0.2) is 0 Å². The number of nitro groups is 1. The topological polar surface area (TPSA) is 180 Å². The van der Waals surface area contributed by atoms with Crippen LogP contribution < -0.4 is 9.47 Å². The molecule has 0 radical (unpaired) electrons. The van der Waals surface area contributed by atoms with Crippen molar-refractivity contribution < 1.29 is 39.0 Å². The summed E-state index contributed by atoms with van der Waals surface area (Å²) < 4.78 is 20.6. The third kappa shape index (κ3) is 9.66. The van der Waals surface area contributed by atoms with Gasteiger partial charge in [-0.1, -0.05) is 30.1 Å². The van der Waals surface area contributed by atoms with Crippen molar-refractivity contribution in [1.82, 2.24) is 9.80 Å². The maximum atomic E-state index is 14.6. The number of aliphatic hydroxyl groups is 2. The fourth-order valence-corrected chi connectivity index (χ4v) is 9.34. The highest BCUT2D eigenvalue weighted by atomic mass is 16.7. The number of nitro benzene ring substituents is 1. The highest BCUT2D eigenvalue weighted by Gasteiger charge is 2.65. The predicted octanol–water partition coefficient (Wildman–Crippen LogP) is 6.77. The van der Waals surface area contributed by atoms with Crippen molar-refractivity contribution in [2.75, 3.05) is 53.1 Å².